The highest BCUT2D eigenvalue weighted by Crippen LogP contribution is 2.32. The van der Waals surface area contributed by atoms with Crippen LogP contribution < -0.4 is 9.62 Å². The molecule has 0 radical (unpaired) electrons. The Balaban J connectivity index is 2.23. The number of nitrogens with zero attached hydrogens (tertiary/aromatic N) is 2. The summed E-state index contributed by atoms with van der Waals surface area (Å²) in [5.74, 6) is -0.643. The van der Waals surface area contributed by atoms with Crippen molar-refractivity contribution in [1.82, 2.24) is 10.2 Å². The van der Waals surface area contributed by atoms with Crippen LogP contribution in [0.5, 0.6) is 0 Å². The van der Waals surface area contributed by atoms with Gasteiger partial charge in [0.05, 0.1) is 17.5 Å². The highest BCUT2D eigenvalue weighted by molar-refractivity contribution is 7.92. The van der Waals surface area contributed by atoms with Gasteiger partial charge in [0.15, 0.2) is 0 Å². The van der Waals surface area contributed by atoms with E-state index < -0.39 is 27.8 Å². The number of anilines is 1. The highest BCUT2D eigenvalue weighted by atomic mass is 32.2. The molecule has 2 rings (SSSR count). The van der Waals surface area contributed by atoms with Crippen LogP contribution in [0, 0.1) is 0 Å². The molecule has 7 nitrogen and oxygen atoms in total. The van der Waals surface area contributed by atoms with Crippen molar-refractivity contribution in [2.45, 2.75) is 64.8 Å². The predicted octanol–water partition coefficient (Wildman–Crippen LogP) is 4.58. The Morgan fingerprint density at radius 3 is 2.22 bits per heavy atom. The Bertz CT molecular complexity index is 1160. The van der Waals surface area contributed by atoms with E-state index in [0.717, 1.165) is 34.3 Å². The van der Waals surface area contributed by atoms with Crippen molar-refractivity contribution in [1.29, 1.82) is 0 Å². The van der Waals surface area contributed by atoms with E-state index in [2.05, 4.69) is 5.32 Å². The van der Waals surface area contributed by atoms with Gasteiger partial charge in [0, 0.05) is 25.6 Å². The van der Waals surface area contributed by atoms with E-state index in [1.165, 1.54) is 11.0 Å². The van der Waals surface area contributed by atoms with E-state index in [-0.39, 0.29) is 49.5 Å². The zero-order valence-corrected chi connectivity index (χ0v) is 22.3. The van der Waals surface area contributed by atoms with Gasteiger partial charge in [-0.15, -0.1) is 0 Å². The van der Waals surface area contributed by atoms with Gasteiger partial charge in [0.2, 0.25) is 21.8 Å². The van der Waals surface area contributed by atoms with Gasteiger partial charge in [-0.25, -0.2) is 8.42 Å². The monoisotopic (exact) mass is 541 g/mol. The van der Waals surface area contributed by atoms with Gasteiger partial charge in [0.25, 0.3) is 0 Å². The summed E-state index contributed by atoms with van der Waals surface area (Å²) >= 11 is 0. The molecule has 11 heteroatoms. The summed E-state index contributed by atoms with van der Waals surface area (Å²) in [5.41, 5.74) is -0.271. The average molecular weight is 542 g/mol. The smallest absolute Gasteiger partial charge is 0.352 e. The Hall–Kier alpha value is -3.08. The molecule has 1 atom stereocenters. The van der Waals surface area contributed by atoms with Gasteiger partial charge < -0.3 is 10.2 Å². The number of carbonyl (C=O) groups excluding carboxylic acids is 2. The Morgan fingerprint density at radius 2 is 1.68 bits per heavy atom. The molecule has 0 aliphatic carbocycles. The minimum atomic E-state index is -4.63. The second-order valence-electron chi connectivity index (χ2n) is 9.08. The Labute approximate surface area is 216 Å². The number of carbonyl (C=O) groups is 2. The van der Waals surface area contributed by atoms with Crippen molar-refractivity contribution < 1.29 is 31.2 Å². The van der Waals surface area contributed by atoms with Crippen molar-refractivity contribution in [3.63, 3.8) is 0 Å². The minimum absolute atomic E-state index is 0.0513. The zero-order chi connectivity index (χ0) is 27.8. The third kappa shape index (κ3) is 9.07. The van der Waals surface area contributed by atoms with Crippen LogP contribution >= 0.6 is 0 Å². The molecule has 204 valence electrons. The maximum Gasteiger partial charge on any atom is 0.416 e. The molecular weight excluding hydrogens is 507 g/mol. The molecule has 2 aromatic carbocycles. The van der Waals surface area contributed by atoms with Crippen LogP contribution in [0.15, 0.2) is 54.6 Å². The molecule has 37 heavy (non-hydrogen) atoms. The molecule has 2 amide bonds. The first-order valence-electron chi connectivity index (χ1n) is 12.0. The molecule has 0 aromatic heterocycles. The fourth-order valence-electron chi connectivity index (χ4n) is 3.92. The lowest BCUT2D eigenvalue weighted by atomic mass is 10.1. The van der Waals surface area contributed by atoms with E-state index in [9.17, 15) is 31.2 Å². The third-order valence-electron chi connectivity index (χ3n) is 5.63. The number of halogens is 3. The van der Waals surface area contributed by atoms with Crippen LogP contribution in [-0.4, -0.2) is 50.0 Å². The Kier molecular flexibility index (Phi) is 10.5. The SMILES string of the molecule is CC[C@@H](C(=O)NC(C)C)N(Cc1ccccc1)C(=O)CCCN(c1cccc(C(F)(F)F)c1)S(C)(=O)=O. The Morgan fingerprint density at radius 1 is 1.03 bits per heavy atom. The van der Waals surface area contributed by atoms with Crippen molar-refractivity contribution in [3.8, 4) is 0 Å². The standard InChI is InChI=1S/C26H34F3N3O4S/c1-5-23(25(34)30-19(2)3)31(18-20-11-7-6-8-12-20)24(33)15-10-16-32(37(4,35)36)22-14-9-13-21(17-22)26(27,28)29/h6-9,11-14,17,19,23H,5,10,15-16,18H2,1-4H3,(H,30,34)/t23-/m0/s1. The maximum absolute atomic E-state index is 13.3. The van der Waals surface area contributed by atoms with E-state index in [1.807, 2.05) is 44.2 Å². The topological polar surface area (TPSA) is 86.8 Å². The van der Waals surface area contributed by atoms with Gasteiger partial charge in [-0.1, -0.05) is 43.3 Å². The van der Waals surface area contributed by atoms with Gasteiger partial charge in [-0.2, -0.15) is 13.2 Å². The summed E-state index contributed by atoms with van der Waals surface area (Å²) in [5, 5.41) is 2.84. The fourth-order valence-corrected chi connectivity index (χ4v) is 4.88. The number of alkyl halides is 3. The van der Waals surface area contributed by atoms with Crippen LogP contribution in [0.25, 0.3) is 0 Å². The maximum atomic E-state index is 13.3. The highest BCUT2D eigenvalue weighted by Gasteiger charge is 2.32. The molecule has 0 aliphatic heterocycles. The van der Waals surface area contributed by atoms with Gasteiger partial charge in [-0.05, 0) is 50.5 Å². The zero-order valence-electron chi connectivity index (χ0n) is 21.5. The molecule has 0 fully saturated rings. The van der Waals surface area contributed by atoms with Crippen LogP contribution in [0.4, 0.5) is 18.9 Å². The van der Waals surface area contributed by atoms with Crippen molar-refractivity contribution in [2.75, 3.05) is 17.1 Å². The lowest BCUT2D eigenvalue weighted by Crippen LogP contribution is -2.50. The number of amides is 2. The quantitative estimate of drug-likeness (QED) is 0.426. The number of sulfonamides is 1. The van der Waals surface area contributed by atoms with Gasteiger partial charge >= 0.3 is 6.18 Å². The molecule has 0 bridgehead atoms. The summed E-state index contributed by atoms with van der Waals surface area (Å²) in [4.78, 5) is 27.6. The number of rotatable bonds is 12. The summed E-state index contributed by atoms with van der Waals surface area (Å²) in [7, 11) is -3.92. The summed E-state index contributed by atoms with van der Waals surface area (Å²) in [6.07, 6.45) is -3.39. The van der Waals surface area contributed by atoms with Crippen molar-refractivity contribution in [3.05, 3.63) is 65.7 Å². The number of nitrogens with one attached hydrogen (secondary N) is 1. The van der Waals surface area contributed by atoms with E-state index in [1.54, 1.807) is 6.92 Å². The van der Waals surface area contributed by atoms with E-state index in [0.29, 0.717) is 6.42 Å². The number of hydrogen-bond acceptors (Lipinski definition) is 4. The lowest BCUT2D eigenvalue weighted by Gasteiger charge is -2.31. The summed E-state index contributed by atoms with van der Waals surface area (Å²) in [6, 6.07) is 12.4. The summed E-state index contributed by atoms with van der Waals surface area (Å²) < 4.78 is 65.1. The van der Waals surface area contributed by atoms with Crippen LogP contribution in [0.3, 0.4) is 0 Å². The third-order valence-corrected chi connectivity index (χ3v) is 6.82. The molecule has 0 unspecified atom stereocenters. The fraction of sp³-hybridized carbons (Fsp3) is 0.462. The molecule has 0 heterocycles. The van der Waals surface area contributed by atoms with Gasteiger partial charge in [-0.3, -0.25) is 13.9 Å². The van der Waals surface area contributed by atoms with Crippen LogP contribution in [0.2, 0.25) is 0 Å². The minimum Gasteiger partial charge on any atom is -0.352 e. The molecule has 0 saturated heterocycles. The van der Waals surface area contributed by atoms with Crippen LogP contribution in [0.1, 0.15) is 51.2 Å². The first-order valence-corrected chi connectivity index (χ1v) is 13.9. The molecular formula is C26H34F3N3O4S. The molecule has 0 saturated carbocycles. The average Bonchev–Trinajstić information content (AvgIpc) is 2.80. The molecule has 2 aromatic rings. The normalized spacial score (nSPS) is 12.8. The first kappa shape index (κ1) is 30.1. The van der Waals surface area contributed by atoms with E-state index >= 15 is 0 Å². The van der Waals surface area contributed by atoms with Crippen molar-refractivity contribution in [2.24, 2.45) is 0 Å². The molecule has 0 spiro atoms. The molecule has 1 N–H and O–H groups in total. The van der Waals surface area contributed by atoms with E-state index in [4.69, 9.17) is 0 Å². The largest absolute Gasteiger partial charge is 0.416 e. The summed E-state index contributed by atoms with van der Waals surface area (Å²) in [6.45, 7) is 5.44. The first-order chi connectivity index (χ1) is 17.2. The second-order valence-corrected chi connectivity index (χ2v) is 11.0. The molecule has 0 aliphatic rings. The second kappa shape index (κ2) is 12.9. The number of benzene rings is 2. The lowest BCUT2D eigenvalue weighted by molar-refractivity contribution is -0.141. The van der Waals surface area contributed by atoms with Crippen molar-refractivity contribution >= 4 is 27.5 Å². The van der Waals surface area contributed by atoms with Gasteiger partial charge in [0.1, 0.15) is 6.04 Å². The van der Waals surface area contributed by atoms with Crippen LogP contribution in [-0.2, 0) is 32.3 Å². The number of hydrogen-bond donors (Lipinski definition) is 1. The predicted molar refractivity (Wildman–Crippen MR) is 137 cm³/mol.